The van der Waals surface area contributed by atoms with Crippen LogP contribution in [0.2, 0.25) is 0 Å². The van der Waals surface area contributed by atoms with Crippen LogP contribution in [0.1, 0.15) is 39.5 Å². The second-order valence-electron chi connectivity index (χ2n) is 5.48. The monoisotopic (exact) mass is 196 g/mol. The number of carbonyl (C=O) groups is 1. The van der Waals surface area contributed by atoms with Gasteiger partial charge in [-0.3, -0.25) is 4.79 Å². The fourth-order valence-corrected chi connectivity index (χ4v) is 2.60. The van der Waals surface area contributed by atoms with Crippen molar-refractivity contribution in [2.75, 3.05) is 6.54 Å². The number of piperidine rings is 1. The van der Waals surface area contributed by atoms with Crippen LogP contribution >= 0.6 is 0 Å². The van der Waals surface area contributed by atoms with Crippen molar-refractivity contribution < 1.29 is 4.79 Å². The van der Waals surface area contributed by atoms with E-state index in [1.54, 1.807) is 0 Å². The van der Waals surface area contributed by atoms with Crippen molar-refractivity contribution in [1.82, 2.24) is 10.6 Å². The summed E-state index contributed by atoms with van der Waals surface area (Å²) in [5.41, 5.74) is 0.537. The average molecular weight is 196 g/mol. The van der Waals surface area contributed by atoms with Gasteiger partial charge in [-0.1, -0.05) is 13.8 Å². The molecule has 1 atom stereocenters. The van der Waals surface area contributed by atoms with Crippen molar-refractivity contribution >= 4 is 5.91 Å². The first kappa shape index (κ1) is 9.97. The summed E-state index contributed by atoms with van der Waals surface area (Å²) in [5, 5.41) is 6.52. The molecule has 1 aliphatic carbocycles. The van der Waals surface area contributed by atoms with Crippen LogP contribution in [-0.2, 0) is 4.79 Å². The summed E-state index contributed by atoms with van der Waals surface area (Å²) in [6, 6.07) is 1.19. The van der Waals surface area contributed by atoms with Crippen LogP contribution in [0.25, 0.3) is 0 Å². The molecule has 2 aliphatic rings. The highest BCUT2D eigenvalue weighted by molar-refractivity contribution is 5.76. The molecule has 0 radical (unpaired) electrons. The maximum absolute atomic E-state index is 10.9. The molecule has 0 aromatic carbocycles. The highest BCUT2D eigenvalue weighted by atomic mass is 16.1. The molecule has 80 valence electrons. The number of nitrogens with one attached hydrogen (secondary N) is 2. The van der Waals surface area contributed by atoms with E-state index in [-0.39, 0.29) is 5.91 Å². The quantitative estimate of drug-likeness (QED) is 0.693. The van der Waals surface area contributed by atoms with Gasteiger partial charge in [-0.15, -0.1) is 0 Å². The average Bonchev–Trinajstić information content (AvgIpc) is 2.06. The molecule has 0 spiro atoms. The lowest BCUT2D eigenvalue weighted by molar-refractivity contribution is -0.122. The van der Waals surface area contributed by atoms with Gasteiger partial charge in [-0.05, 0) is 24.7 Å². The lowest BCUT2D eigenvalue weighted by atomic mass is 9.68. The number of amides is 1. The summed E-state index contributed by atoms with van der Waals surface area (Å²) in [6.45, 7) is 5.44. The zero-order valence-electron chi connectivity index (χ0n) is 9.10. The zero-order chi connectivity index (χ0) is 10.2. The van der Waals surface area contributed by atoms with E-state index in [4.69, 9.17) is 0 Å². The van der Waals surface area contributed by atoms with E-state index in [1.165, 1.54) is 12.8 Å². The lowest BCUT2D eigenvalue weighted by Gasteiger charge is -2.45. The molecule has 1 heterocycles. The Labute approximate surface area is 85.6 Å². The van der Waals surface area contributed by atoms with Crippen LogP contribution in [0.3, 0.4) is 0 Å². The second kappa shape index (κ2) is 3.54. The largest absolute Gasteiger partial charge is 0.355 e. The molecule has 2 N–H and O–H groups in total. The molecular formula is C11H20N2O. The molecule has 2 rings (SSSR count). The Morgan fingerprint density at radius 3 is 2.57 bits per heavy atom. The van der Waals surface area contributed by atoms with Gasteiger partial charge in [-0.25, -0.2) is 0 Å². The molecule has 1 unspecified atom stereocenters. The summed E-state index contributed by atoms with van der Waals surface area (Å²) in [4.78, 5) is 10.9. The van der Waals surface area contributed by atoms with Crippen molar-refractivity contribution in [3.8, 4) is 0 Å². The molecule has 1 amide bonds. The van der Waals surface area contributed by atoms with Gasteiger partial charge >= 0.3 is 0 Å². The third kappa shape index (κ3) is 2.27. The van der Waals surface area contributed by atoms with Gasteiger partial charge in [0.1, 0.15) is 0 Å². The summed E-state index contributed by atoms with van der Waals surface area (Å²) in [5.74, 6) is 0.206. The van der Waals surface area contributed by atoms with Gasteiger partial charge in [0.05, 0.1) is 0 Å². The van der Waals surface area contributed by atoms with Crippen LogP contribution in [0.5, 0.6) is 0 Å². The van der Waals surface area contributed by atoms with Crippen LogP contribution in [0, 0.1) is 5.41 Å². The van der Waals surface area contributed by atoms with Crippen molar-refractivity contribution in [3.05, 3.63) is 0 Å². The first-order valence-corrected chi connectivity index (χ1v) is 5.58. The summed E-state index contributed by atoms with van der Waals surface area (Å²) < 4.78 is 0. The minimum Gasteiger partial charge on any atom is -0.355 e. The van der Waals surface area contributed by atoms with E-state index in [1.807, 2.05) is 0 Å². The summed E-state index contributed by atoms with van der Waals surface area (Å²) >= 11 is 0. The van der Waals surface area contributed by atoms with E-state index in [9.17, 15) is 4.79 Å². The molecule has 0 aromatic rings. The third-order valence-electron chi connectivity index (χ3n) is 3.33. The maximum atomic E-state index is 10.9. The van der Waals surface area contributed by atoms with E-state index < -0.39 is 0 Å². The van der Waals surface area contributed by atoms with Gasteiger partial charge in [0.15, 0.2) is 0 Å². The van der Waals surface area contributed by atoms with Gasteiger partial charge < -0.3 is 10.6 Å². The molecule has 3 nitrogen and oxygen atoms in total. The SMILES string of the molecule is CC1(C)CC(NC2CCC(=O)NC2)C1. The van der Waals surface area contributed by atoms with Crippen LogP contribution < -0.4 is 10.6 Å². The van der Waals surface area contributed by atoms with Crippen LogP contribution in [0.4, 0.5) is 0 Å². The Hall–Kier alpha value is -0.570. The molecule has 14 heavy (non-hydrogen) atoms. The third-order valence-corrected chi connectivity index (χ3v) is 3.33. The minimum atomic E-state index is 0.206. The maximum Gasteiger partial charge on any atom is 0.220 e. The predicted molar refractivity (Wildman–Crippen MR) is 56.0 cm³/mol. The van der Waals surface area contributed by atoms with Gasteiger partial charge in [0, 0.05) is 25.0 Å². The molecule has 1 saturated carbocycles. The van der Waals surface area contributed by atoms with E-state index >= 15 is 0 Å². The van der Waals surface area contributed by atoms with Gasteiger partial charge in [0.25, 0.3) is 0 Å². The second-order valence-corrected chi connectivity index (χ2v) is 5.48. The fourth-order valence-electron chi connectivity index (χ4n) is 2.60. The minimum absolute atomic E-state index is 0.206. The van der Waals surface area contributed by atoms with Crippen molar-refractivity contribution in [2.45, 2.75) is 51.6 Å². The smallest absolute Gasteiger partial charge is 0.220 e. The Balaban J connectivity index is 1.69. The lowest BCUT2D eigenvalue weighted by Crippen LogP contribution is -2.54. The predicted octanol–water partition coefficient (Wildman–Crippen LogP) is 1.04. The highest BCUT2D eigenvalue weighted by Gasteiger charge is 2.37. The Morgan fingerprint density at radius 1 is 1.36 bits per heavy atom. The highest BCUT2D eigenvalue weighted by Crippen LogP contribution is 2.40. The van der Waals surface area contributed by atoms with Gasteiger partial charge in [0.2, 0.25) is 5.91 Å². The molecule has 1 saturated heterocycles. The molecular weight excluding hydrogens is 176 g/mol. The first-order valence-electron chi connectivity index (χ1n) is 5.58. The number of hydrogen-bond acceptors (Lipinski definition) is 2. The molecule has 2 fully saturated rings. The Morgan fingerprint density at radius 2 is 2.07 bits per heavy atom. The van der Waals surface area contributed by atoms with E-state index in [0.717, 1.165) is 13.0 Å². The number of carbonyl (C=O) groups excluding carboxylic acids is 1. The Bertz CT molecular complexity index is 219. The van der Waals surface area contributed by atoms with Gasteiger partial charge in [-0.2, -0.15) is 0 Å². The van der Waals surface area contributed by atoms with Crippen molar-refractivity contribution in [2.24, 2.45) is 5.41 Å². The molecule has 3 heteroatoms. The van der Waals surface area contributed by atoms with Crippen LogP contribution in [-0.4, -0.2) is 24.5 Å². The van der Waals surface area contributed by atoms with Crippen molar-refractivity contribution in [3.63, 3.8) is 0 Å². The van der Waals surface area contributed by atoms with E-state index in [2.05, 4.69) is 24.5 Å². The standard InChI is InChI=1S/C11H20N2O/c1-11(2)5-9(6-11)13-8-3-4-10(14)12-7-8/h8-9,13H,3-7H2,1-2H3,(H,12,14). The molecule has 0 aromatic heterocycles. The van der Waals surface area contributed by atoms with Crippen LogP contribution in [0.15, 0.2) is 0 Å². The first-order chi connectivity index (χ1) is 6.55. The molecule has 0 bridgehead atoms. The molecule has 1 aliphatic heterocycles. The zero-order valence-corrected chi connectivity index (χ0v) is 9.10. The summed E-state index contributed by atoms with van der Waals surface area (Å²) in [7, 11) is 0. The number of rotatable bonds is 2. The van der Waals surface area contributed by atoms with E-state index in [0.29, 0.717) is 23.9 Å². The van der Waals surface area contributed by atoms with Crippen molar-refractivity contribution in [1.29, 1.82) is 0 Å². The topological polar surface area (TPSA) is 41.1 Å². The summed E-state index contributed by atoms with van der Waals surface area (Å²) in [6.07, 6.45) is 4.24. The Kier molecular flexibility index (Phi) is 2.52. The normalized spacial score (nSPS) is 32.1. The number of hydrogen-bond donors (Lipinski definition) is 2. The fraction of sp³-hybridized carbons (Fsp3) is 0.909.